The summed E-state index contributed by atoms with van der Waals surface area (Å²) in [6.07, 6.45) is -3.34. The predicted molar refractivity (Wildman–Crippen MR) is 81.3 cm³/mol. The molecule has 2 aromatic rings. The number of carboxylic acid groups (broad SMARTS) is 1. The number of nitrogen functional groups attached to an aromatic ring is 1. The summed E-state index contributed by atoms with van der Waals surface area (Å²) in [6, 6.07) is 7.46. The first-order valence-corrected chi connectivity index (χ1v) is 6.67. The molecule has 1 aromatic carbocycles. The monoisotopic (exact) mass is 346 g/mol. The zero-order chi connectivity index (χ0) is 18.3. The van der Waals surface area contributed by atoms with Gasteiger partial charge in [0.05, 0.1) is 5.69 Å². The van der Waals surface area contributed by atoms with E-state index < -0.39 is 12.1 Å². The first-order valence-electron chi connectivity index (χ1n) is 6.67. The Morgan fingerprint density at radius 1 is 1.38 bits per heavy atom. The lowest BCUT2D eigenvalue weighted by Crippen LogP contribution is -2.21. The van der Waals surface area contributed by atoms with E-state index in [0.29, 0.717) is 18.8 Å². The zero-order valence-corrected chi connectivity index (χ0v) is 12.7. The van der Waals surface area contributed by atoms with E-state index in [2.05, 4.69) is 5.10 Å². The maximum Gasteiger partial charge on any atom is 0.490 e. The molecule has 7 nitrogen and oxygen atoms in total. The molecule has 0 aliphatic heterocycles. The fraction of sp³-hybridized carbons (Fsp3) is 0.286. The number of rotatable bonds is 4. The van der Waals surface area contributed by atoms with E-state index in [1.165, 1.54) is 0 Å². The molecule has 0 spiro atoms. The molecule has 0 fully saturated rings. The Hall–Kier alpha value is -2.75. The number of hydrogen-bond acceptors (Lipinski definition) is 5. The molecule has 132 valence electrons. The summed E-state index contributed by atoms with van der Waals surface area (Å²) in [4.78, 5) is 8.90. The van der Waals surface area contributed by atoms with Crippen LogP contribution in [0.5, 0.6) is 5.75 Å². The number of ether oxygens (including phenoxy) is 1. The number of carboxylic acids is 1. The van der Waals surface area contributed by atoms with Crippen LogP contribution in [0, 0.1) is 0 Å². The fourth-order valence-corrected chi connectivity index (χ4v) is 1.68. The van der Waals surface area contributed by atoms with Gasteiger partial charge < -0.3 is 21.3 Å². The zero-order valence-electron chi connectivity index (χ0n) is 12.7. The van der Waals surface area contributed by atoms with Gasteiger partial charge in [-0.1, -0.05) is 0 Å². The number of benzene rings is 1. The highest BCUT2D eigenvalue weighted by molar-refractivity contribution is 5.73. The minimum Gasteiger partial charge on any atom is -0.492 e. The van der Waals surface area contributed by atoms with Crippen LogP contribution in [0.4, 0.5) is 18.9 Å². The van der Waals surface area contributed by atoms with Crippen LogP contribution in [-0.2, 0) is 11.8 Å². The number of aromatic nitrogens is 2. The summed E-state index contributed by atoms with van der Waals surface area (Å²) in [6.45, 7) is 0.962. The standard InChI is InChI=1S/C12H16N4O.C2HF3O2/c1-16-11(4-6-15-16)10-8-9(14)2-3-12(10)17-7-5-13;3-2(4,5)1(6)7/h2-4,6,8H,5,7,13-14H2,1H3;(H,6,7). The van der Waals surface area contributed by atoms with E-state index >= 15 is 0 Å². The average molecular weight is 346 g/mol. The number of halogens is 3. The van der Waals surface area contributed by atoms with E-state index in [0.717, 1.165) is 17.0 Å². The van der Waals surface area contributed by atoms with E-state index in [9.17, 15) is 13.2 Å². The van der Waals surface area contributed by atoms with Gasteiger partial charge in [-0.05, 0) is 24.3 Å². The van der Waals surface area contributed by atoms with Gasteiger partial charge >= 0.3 is 12.1 Å². The van der Waals surface area contributed by atoms with Crippen molar-refractivity contribution in [1.29, 1.82) is 0 Å². The summed E-state index contributed by atoms with van der Waals surface area (Å²) in [5.41, 5.74) is 13.8. The normalized spacial score (nSPS) is 10.7. The molecule has 24 heavy (non-hydrogen) atoms. The molecular weight excluding hydrogens is 329 g/mol. The van der Waals surface area contributed by atoms with E-state index in [1.54, 1.807) is 10.9 Å². The molecule has 2 rings (SSSR count). The maximum absolute atomic E-state index is 10.6. The van der Waals surface area contributed by atoms with Crippen LogP contribution in [0.15, 0.2) is 30.5 Å². The van der Waals surface area contributed by atoms with Gasteiger partial charge in [-0.2, -0.15) is 18.3 Å². The smallest absolute Gasteiger partial charge is 0.490 e. The SMILES string of the molecule is Cn1nccc1-c1cc(N)ccc1OCCN.O=C(O)C(F)(F)F. The molecule has 1 heterocycles. The second-order valence-corrected chi connectivity index (χ2v) is 4.54. The molecule has 0 saturated heterocycles. The van der Waals surface area contributed by atoms with Crippen molar-refractivity contribution in [3.63, 3.8) is 0 Å². The number of nitrogens with two attached hydrogens (primary N) is 2. The van der Waals surface area contributed by atoms with Crippen LogP contribution in [0.25, 0.3) is 11.3 Å². The molecule has 5 N–H and O–H groups in total. The van der Waals surface area contributed by atoms with Crippen LogP contribution in [0.3, 0.4) is 0 Å². The Kier molecular flexibility index (Phi) is 6.59. The van der Waals surface area contributed by atoms with Crippen LogP contribution in [0.2, 0.25) is 0 Å². The number of alkyl halides is 3. The van der Waals surface area contributed by atoms with Crippen molar-refractivity contribution in [2.24, 2.45) is 12.8 Å². The number of nitrogens with zero attached hydrogens (tertiary/aromatic N) is 2. The summed E-state index contributed by atoms with van der Waals surface area (Å²) < 4.78 is 39.1. The van der Waals surface area contributed by atoms with Gasteiger partial charge in [-0.15, -0.1) is 0 Å². The number of hydrogen-bond donors (Lipinski definition) is 3. The topological polar surface area (TPSA) is 116 Å². The lowest BCUT2D eigenvalue weighted by Gasteiger charge is -2.11. The molecule has 10 heteroatoms. The van der Waals surface area contributed by atoms with E-state index in [-0.39, 0.29) is 0 Å². The molecule has 1 aromatic heterocycles. The number of carbonyl (C=O) groups is 1. The largest absolute Gasteiger partial charge is 0.492 e. The molecule has 0 aliphatic rings. The second-order valence-electron chi connectivity index (χ2n) is 4.54. The highest BCUT2D eigenvalue weighted by atomic mass is 19.4. The Morgan fingerprint density at radius 2 is 2.00 bits per heavy atom. The summed E-state index contributed by atoms with van der Waals surface area (Å²) in [5, 5.41) is 11.3. The number of aliphatic carboxylic acids is 1. The number of anilines is 1. The average Bonchev–Trinajstić information content (AvgIpc) is 2.91. The molecule has 0 aliphatic carbocycles. The van der Waals surface area contributed by atoms with Crippen molar-refractivity contribution in [3.05, 3.63) is 30.5 Å². The quantitative estimate of drug-likeness (QED) is 0.725. The van der Waals surface area contributed by atoms with Crippen LogP contribution in [-0.4, -0.2) is 40.2 Å². The van der Waals surface area contributed by atoms with Gasteiger partial charge in [0, 0.05) is 31.0 Å². The van der Waals surface area contributed by atoms with Crippen molar-refractivity contribution in [2.45, 2.75) is 6.18 Å². The highest BCUT2D eigenvalue weighted by Crippen LogP contribution is 2.31. The van der Waals surface area contributed by atoms with E-state index in [4.69, 9.17) is 26.1 Å². The molecule has 0 atom stereocenters. The first-order chi connectivity index (χ1) is 11.2. The third kappa shape index (κ3) is 5.47. The van der Waals surface area contributed by atoms with Gasteiger partial charge in [-0.25, -0.2) is 4.79 Å². The Morgan fingerprint density at radius 3 is 2.46 bits per heavy atom. The van der Waals surface area contributed by atoms with Gasteiger partial charge in [0.25, 0.3) is 0 Å². The number of aryl methyl sites for hydroxylation is 1. The predicted octanol–water partition coefficient (Wildman–Crippen LogP) is 1.64. The Bertz CT molecular complexity index is 686. The van der Waals surface area contributed by atoms with Crippen molar-refractivity contribution in [2.75, 3.05) is 18.9 Å². The minimum absolute atomic E-state index is 0.481. The third-order valence-electron chi connectivity index (χ3n) is 2.72. The molecule has 0 bridgehead atoms. The second kappa shape index (κ2) is 8.20. The first kappa shape index (κ1) is 19.3. The van der Waals surface area contributed by atoms with Gasteiger partial charge in [0.15, 0.2) is 0 Å². The molecule has 0 radical (unpaired) electrons. The van der Waals surface area contributed by atoms with Crippen molar-refractivity contribution < 1.29 is 27.8 Å². The summed E-state index contributed by atoms with van der Waals surface area (Å²) in [7, 11) is 1.88. The molecule has 0 amide bonds. The molecule has 0 unspecified atom stereocenters. The minimum atomic E-state index is -5.08. The van der Waals surface area contributed by atoms with E-state index in [1.807, 2.05) is 31.3 Å². The molecule has 0 saturated carbocycles. The lowest BCUT2D eigenvalue weighted by molar-refractivity contribution is -0.192. The fourth-order valence-electron chi connectivity index (χ4n) is 1.68. The Labute approximate surface area is 135 Å². The highest BCUT2D eigenvalue weighted by Gasteiger charge is 2.38. The Balaban J connectivity index is 0.000000351. The van der Waals surface area contributed by atoms with Crippen molar-refractivity contribution >= 4 is 11.7 Å². The lowest BCUT2D eigenvalue weighted by atomic mass is 10.1. The van der Waals surface area contributed by atoms with Gasteiger partial charge in [0.1, 0.15) is 12.4 Å². The van der Waals surface area contributed by atoms with Gasteiger partial charge in [-0.3, -0.25) is 4.68 Å². The maximum atomic E-state index is 10.6. The van der Waals surface area contributed by atoms with Crippen LogP contribution in [0.1, 0.15) is 0 Å². The van der Waals surface area contributed by atoms with Crippen LogP contribution >= 0.6 is 0 Å². The van der Waals surface area contributed by atoms with Gasteiger partial charge in [0.2, 0.25) is 0 Å². The van der Waals surface area contributed by atoms with Crippen LogP contribution < -0.4 is 16.2 Å². The third-order valence-corrected chi connectivity index (χ3v) is 2.72. The van der Waals surface area contributed by atoms with Crippen molar-refractivity contribution in [1.82, 2.24) is 9.78 Å². The summed E-state index contributed by atoms with van der Waals surface area (Å²) >= 11 is 0. The summed E-state index contributed by atoms with van der Waals surface area (Å²) in [5.74, 6) is -1.99. The molecular formula is C14H17F3N4O3. The van der Waals surface area contributed by atoms with Crippen molar-refractivity contribution in [3.8, 4) is 17.0 Å².